The maximum absolute atomic E-state index is 8.89. The zero-order valence-electron chi connectivity index (χ0n) is 8.65. The summed E-state index contributed by atoms with van der Waals surface area (Å²) in [5.74, 6) is 0.347. The second kappa shape index (κ2) is 5.61. The Morgan fingerprint density at radius 1 is 1.87 bits per heavy atom. The van der Waals surface area contributed by atoms with Gasteiger partial charge < -0.3 is 4.74 Å². The normalized spacial score (nSPS) is 23.0. The zero-order valence-corrected chi connectivity index (χ0v) is 8.65. The van der Waals surface area contributed by atoms with Crippen LogP contribution in [0.25, 0.3) is 0 Å². The number of aliphatic imine (C=N–C) groups is 1. The van der Waals surface area contributed by atoms with Crippen LogP contribution in [0.1, 0.15) is 0 Å². The van der Waals surface area contributed by atoms with Crippen LogP contribution in [0, 0.1) is 5.41 Å². The summed E-state index contributed by atoms with van der Waals surface area (Å²) in [5.41, 5.74) is 4.33. The van der Waals surface area contributed by atoms with Crippen molar-refractivity contribution in [2.24, 2.45) is 4.99 Å². The number of amidine groups is 2. The second-order valence-electron chi connectivity index (χ2n) is 2.93. The van der Waals surface area contributed by atoms with E-state index < -0.39 is 6.04 Å². The number of ether oxygens (including phenoxy) is 1. The number of rotatable bonds is 4. The minimum absolute atomic E-state index is 0.107. The average molecular weight is 217 g/mol. The van der Waals surface area contributed by atoms with E-state index in [1.807, 2.05) is 5.48 Å². The van der Waals surface area contributed by atoms with Gasteiger partial charge >= 0.3 is 0 Å². The van der Waals surface area contributed by atoms with E-state index in [0.717, 1.165) is 0 Å². The van der Waals surface area contributed by atoms with Crippen LogP contribution in [0.15, 0.2) is 4.99 Å². The Morgan fingerprint density at radius 3 is 3.07 bits per heavy atom. The molecule has 0 aliphatic carbocycles. The maximum Gasteiger partial charge on any atom is 0.155 e. The van der Waals surface area contributed by atoms with Gasteiger partial charge in [0.15, 0.2) is 6.04 Å². The largest absolute Gasteiger partial charge is 0.383 e. The van der Waals surface area contributed by atoms with Gasteiger partial charge in [0.2, 0.25) is 0 Å². The monoisotopic (exact) mass is 217 g/mol. The summed E-state index contributed by atoms with van der Waals surface area (Å²) >= 11 is 0. The Balaban J connectivity index is 2.64. The van der Waals surface area contributed by atoms with Gasteiger partial charge in [-0.1, -0.05) is 0 Å². The lowest BCUT2D eigenvalue weighted by Crippen LogP contribution is -2.44. The lowest BCUT2D eigenvalue weighted by Gasteiger charge is -2.15. The van der Waals surface area contributed by atoms with E-state index >= 15 is 0 Å². The van der Waals surface area contributed by atoms with E-state index in [9.17, 15) is 0 Å². The second-order valence-corrected chi connectivity index (χ2v) is 2.93. The number of hydrogen-bond donors (Lipinski definition) is 4. The third kappa shape index (κ3) is 2.86. The molecule has 0 aromatic rings. The molecule has 1 heterocycles. The van der Waals surface area contributed by atoms with Gasteiger partial charge in [-0.3, -0.25) is 21.1 Å². The molecule has 1 aliphatic heterocycles. The van der Waals surface area contributed by atoms with Gasteiger partial charge in [-0.15, -0.1) is 5.06 Å². The summed E-state index contributed by atoms with van der Waals surface area (Å²) in [6.45, 7) is 0.847. The Bertz CT molecular complexity index is 257. The predicted molar refractivity (Wildman–Crippen MR) is 52.6 cm³/mol. The fraction of sp³-hybridized carbons (Fsp3) is 0.714. The highest BCUT2D eigenvalue weighted by molar-refractivity contribution is 6.08. The van der Waals surface area contributed by atoms with Crippen molar-refractivity contribution >= 4 is 11.7 Å². The average Bonchev–Trinajstić information content (AvgIpc) is 2.55. The Hall–Kier alpha value is -1.22. The van der Waals surface area contributed by atoms with Crippen LogP contribution >= 0.6 is 0 Å². The van der Waals surface area contributed by atoms with Crippen LogP contribution in [-0.2, 0) is 9.68 Å². The molecule has 1 atom stereocenters. The lowest BCUT2D eigenvalue weighted by atomic mass is 10.2. The molecule has 1 rings (SSSR count). The van der Waals surface area contributed by atoms with Gasteiger partial charge in [-0.2, -0.15) is 4.94 Å². The predicted octanol–water partition coefficient (Wildman–Crippen LogP) is -1.26. The molecule has 1 aliphatic rings. The zero-order chi connectivity index (χ0) is 11.3. The Morgan fingerprint density at radius 2 is 2.60 bits per heavy atom. The molecule has 0 amide bonds. The highest BCUT2D eigenvalue weighted by atomic mass is 16.8. The maximum atomic E-state index is 8.89. The fourth-order valence-corrected chi connectivity index (χ4v) is 1.16. The smallest absolute Gasteiger partial charge is 0.155 e. The van der Waals surface area contributed by atoms with Crippen molar-refractivity contribution in [1.29, 1.82) is 5.41 Å². The molecule has 1 saturated heterocycles. The molecule has 1 unspecified atom stereocenters. The first kappa shape index (κ1) is 11.9. The number of nitrogens with one attached hydrogen (secondary N) is 3. The van der Waals surface area contributed by atoms with E-state index in [4.69, 9.17) is 20.3 Å². The molecule has 15 heavy (non-hydrogen) atoms. The SMILES string of the molecule is COCCN=C(NO)C1C(=N)NON1C. The van der Waals surface area contributed by atoms with E-state index in [-0.39, 0.29) is 11.7 Å². The van der Waals surface area contributed by atoms with E-state index in [0.29, 0.717) is 13.2 Å². The third-order valence-corrected chi connectivity index (χ3v) is 1.89. The van der Waals surface area contributed by atoms with E-state index in [1.54, 1.807) is 14.2 Å². The van der Waals surface area contributed by atoms with Crippen molar-refractivity contribution in [3.63, 3.8) is 0 Å². The van der Waals surface area contributed by atoms with Crippen molar-refractivity contribution in [3.8, 4) is 0 Å². The summed E-state index contributed by atoms with van der Waals surface area (Å²) in [7, 11) is 3.19. The number of methoxy groups -OCH3 is 1. The van der Waals surface area contributed by atoms with Crippen LogP contribution in [-0.4, -0.2) is 55.3 Å². The molecular formula is C7H15N5O3. The molecule has 0 saturated carbocycles. The molecule has 0 aromatic heterocycles. The Kier molecular flexibility index (Phi) is 4.43. The first-order chi connectivity index (χ1) is 7.20. The molecule has 8 nitrogen and oxygen atoms in total. The topological polar surface area (TPSA) is 102 Å². The fourth-order valence-electron chi connectivity index (χ4n) is 1.16. The van der Waals surface area contributed by atoms with Crippen LogP contribution < -0.4 is 11.0 Å². The van der Waals surface area contributed by atoms with Gasteiger partial charge in [0, 0.05) is 14.2 Å². The third-order valence-electron chi connectivity index (χ3n) is 1.89. The molecule has 0 radical (unpaired) electrons. The number of likely N-dealkylation sites (N-methyl/N-ethyl adjacent to an activating group) is 1. The molecule has 0 aromatic carbocycles. The highest BCUT2D eigenvalue weighted by Crippen LogP contribution is 2.05. The standard InChI is InChI=1S/C7H15N5O3/c1-12-5(6(8)11-15-12)7(10-13)9-3-4-14-2/h5,13H,3-4H2,1-2H3,(H2,8,11)(H,9,10). The van der Waals surface area contributed by atoms with Gasteiger partial charge in [0.05, 0.1) is 13.2 Å². The number of nitrogens with zero attached hydrogens (tertiary/aromatic N) is 2. The first-order valence-corrected chi connectivity index (χ1v) is 4.38. The first-order valence-electron chi connectivity index (χ1n) is 4.38. The minimum Gasteiger partial charge on any atom is -0.383 e. The van der Waals surface area contributed by atoms with Crippen LogP contribution in [0.3, 0.4) is 0 Å². The van der Waals surface area contributed by atoms with Crippen molar-refractivity contribution in [1.82, 2.24) is 16.0 Å². The highest BCUT2D eigenvalue weighted by Gasteiger charge is 2.33. The van der Waals surface area contributed by atoms with Crippen molar-refractivity contribution in [2.45, 2.75) is 6.04 Å². The molecule has 0 spiro atoms. The summed E-state index contributed by atoms with van der Waals surface area (Å²) < 4.78 is 4.82. The van der Waals surface area contributed by atoms with Crippen LogP contribution in [0.4, 0.5) is 0 Å². The molecule has 86 valence electrons. The molecule has 4 N–H and O–H groups in total. The van der Waals surface area contributed by atoms with E-state index in [1.165, 1.54) is 5.06 Å². The number of hydrogen-bond acceptors (Lipinski definition) is 6. The van der Waals surface area contributed by atoms with Gasteiger partial charge in [-0.05, 0) is 0 Å². The summed E-state index contributed by atoms with van der Waals surface area (Å²) in [6, 6.07) is -0.549. The molecule has 0 bridgehead atoms. The van der Waals surface area contributed by atoms with Crippen LogP contribution in [0.2, 0.25) is 0 Å². The molecule has 1 fully saturated rings. The summed E-state index contributed by atoms with van der Waals surface area (Å²) in [4.78, 5) is 8.91. The van der Waals surface area contributed by atoms with E-state index in [2.05, 4.69) is 10.5 Å². The number of hydroxylamine groups is 4. The lowest BCUT2D eigenvalue weighted by molar-refractivity contribution is -0.144. The molecular weight excluding hydrogens is 202 g/mol. The van der Waals surface area contributed by atoms with Crippen molar-refractivity contribution < 1.29 is 14.9 Å². The van der Waals surface area contributed by atoms with Gasteiger partial charge in [-0.25, -0.2) is 5.48 Å². The Labute approximate surface area is 87.2 Å². The molecule has 8 heteroatoms. The minimum atomic E-state index is -0.549. The van der Waals surface area contributed by atoms with Gasteiger partial charge in [0.1, 0.15) is 11.7 Å². The van der Waals surface area contributed by atoms with Gasteiger partial charge in [0.25, 0.3) is 0 Å². The van der Waals surface area contributed by atoms with Crippen molar-refractivity contribution in [3.05, 3.63) is 0 Å². The summed E-state index contributed by atoms with van der Waals surface area (Å²) in [5, 5.41) is 17.8. The summed E-state index contributed by atoms with van der Waals surface area (Å²) in [6.07, 6.45) is 0. The van der Waals surface area contributed by atoms with Crippen molar-refractivity contribution in [2.75, 3.05) is 27.3 Å². The quantitative estimate of drug-likeness (QED) is 0.203. The van der Waals surface area contributed by atoms with Crippen LogP contribution in [0.5, 0.6) is 0 Å².